The summed E-state index contributed by atoms with van der Waals surface area (Å²) in [5.74, 6) is -1.29. The Bertz CT molecular complexity index is 858. The van der Waals surface area contributed by atoms with Gasteiger partial charge < -0.3 is 5.11 Å². The number of fused-ring (bicyclic) bond motifs is 1. The van der Waals surface area contributed by atoms with Gasteiger partial charge in [-0.2, -0.15) is 0 Å². The highest BCUT2D eigenvalue weighted by Gasteiger charge is 2.38. The number of imide groups is 1. The van der Waals surface area contributed by atoms with Gasteiger partial charge in [-0.05, 0) is 48.7 Å². The Labute approximate surface area is 146 Å². The third-order valence-corrected chi connectivity index (χ3v) is 4.45. The second kappa shape index (κ2) is 6.99. The van der Waals surface area contributed by atoms with E-state index < -0.39 is 5.92 Å². The van der Waals surface area contributed by atoms with Crippen molar-refractivity contribution in [2.24, 2.45) is 4.99 Å². The highest BCUT2D eigenvalue weighted by atomic mass is 16.3. The van der Waals surface area contributed by atoms with Crippen LogP contribution in [0.25, 0.3) is 0 Å². The van der Waals surface area contributed by atoms with E-state index in [1.165, 1.54) is 11.1 Å². The number of benzene rings is 2. The molecule has 128 valence electrons. The summed E-state index contributed by atoms with van der Waals surface area (Å²) in [6.45, 7) is 4.08. The number of aryl methyl sites for hydroxylation is 2. The number of aliphatic hydroxyl groups excluding tert-OH is 1. The first-order chi connectivity index (χ1) is 12.0. The molecule has 0 aromatic heterocycles. The molecule has 1 aliphatic heterocycles. The van der Waals surface area contributed by atoms with Crippen LogP contribution in [0.5, 0.6) is 0 Å². The fourth-order valence-corrected chi connectivity index (χ4v) is 2.95. The van der Waals surface area contributed by atoms with Crippen molar-refractivity contribution in [2.45, 2.75) is 19.8 Å². The van der Waals surface area contributed by atoms with Gasteiger partial charge in [0, 0.05) is 11.8 Å². The third-order valence-electron chi connectivity index (χ3n) is 4.45. The zero-order valence-electron chi connectivity index (χ0n) is 14.3. The number of nitrogens with zero attached hydrogens (tertiary/aromatic N) is 2. The number of rotatable bonds is 4. The molecule has 3 rings (SSSR count). The fraction of sp³-hybridized carbons (Fsp3) is 0.250. The molecule has 2 aromatic carbocycles. The Balaban J connectivity index is 2.10. The van der Waals surface area contributed by atoms with Crippen LogP contribution >= 0.6 is 0 Å². The average molecular weight is 336 g/mol. The molecule has 0 unspecified atom stereocenters. The summed E-state index contributed by atoms with van der Waals surface area (Å²) >= 11 is 0. The van der Waals surface area contributed by atoms with E-state index >= 15 is 0 Å². The molecule has 0 fully saturated rings. The third kappa shape index (κ3) is 3.10. The van der Waals surface area contributed by atoms with Crippen LogP contribution in [0.3, 0.4) is 0 Å². The molecule has 2 amide bonds. The van der Waals surface area contributed by atoms with Gasteiger partial charge in [0.2, 0.25) is 5.91 Å². The zero-order chi connectivity index (χ0) is 18.0. The molecule has 0 radical (unpaired) electrons. The Morgan fingerprint density at radius 2 is 1.88 bits per heavy atom. The Morgan fingerprint density at radius 1 is 1.12 bits per heavy atom. The van der Waals surface area contributed by atoms with E-state index in [0.717, 1.165) is 11.1 Å². The lowest BCUT2D eigenvalue weighted by Crippen LogP contribution is -2.45. The minimum absolute atomic E-state index is 0.0845. The second-order valence-corrected chi connectivity index (χ2v) is 6.09. The summed E-state index contributed by atoms with van der Waals surface area (Å²) in [4.78, 5) is 31.3. The van der Waals surface area contributed by atoms with Gasteiger partial charge in [-0.1, -0.05) is 24.3 Å². The summed E-state index contributed by atoms with van der Waals surface area (Å²) < 4.78 is 0. The summed E-state index contributed by atoms with van der Waals surface area (Å²) in [6.07, 6.45) is 1.53. The van der Waals surface area contributed by atoms with Crippen LogP contribution in [-0.2, 0) is 4.79 Å². The molecule has 1 atom stereocenters. The molecule has 25 heavy (non-hydrogen) atoms. The molecule has 0 bridgehead atoms. The second-order valence-electron chi connectivity index (χ2n) is 6.09. The predicted molar refractivity (Wildman–Crippen MR) is 97.4 cm³/mol. The number of anilines is 1. The number of aliphatic hydroxyl groups is 1. The first kappa shape index (κ1) is 17.0. The van der Waals surface area contributed by atoms with Gasteiger partial charge in [-0.25, -0.2) is 4.90 Å². The van der Waals surface area contributed by atoms with Crippen molar-refractivity contribution >= 4 is 23.7 Å². The van der Waals surface area contributed by atoms with Crippen molar-refractivity contribution in [2.75, 3.05) is 18.1 Å². The summed E-state index contributed by atoms with van der Waals surface area (Å²) in [5, 5.41) is 8.92. The number of hydrogen-bond acceptors (Lipinski definition) is 4. The van der Waals surface area contributed by atoms with Crippen molar-refractivity contribution in [3.05, 3.63) is 64.7 Å². The van der Waals surface area contributed by atoms with Gasteiger partial charge in [0.15, 0.2) is 0 Å². The van der Waals surface area contributed by atoms with Crippen molar-refractivity contribution in [3.8, 4) is 0 Å². The normalized spacial score (nSPS) is 17.2. The molecule has 1 aliphatic rings. The van der Waals surface area contributed by atoms with Gasteiger partial charge in [0.25, 0.3) is 5.91 Å². The van der Waals surface area contributed by atoms with Gasteiger partial charge in [0.05, 0.1) is 24.8 Å². The molecule has 0 spiro atoms. The minimum atomic E-state index is -0.637. The smallest absolute Gasteiger partial charge is 0.265 e. The summed E-state index contributed by atoms with van der Waals surface area (Å²) in [7, 11) is 0. The van der Waals surface area contributed by atoms with Crippen LogP contribution in [0.4, 0.5) is 5.69 Å². The van der Waals surface area contributed by atoms with Crippen molar-refractivity contribution in [3.63, 3.8) is 0 Å². The Morgan fingerprint density at radius 3 is 2.60 bits per heavy atom. The lowest BCUT2D eigenvalue weighted by Gasteiger charge is -2.31. The quantitative estimate of drug-likeness (QED) is 0.689. The maximum Gasteiger partial charge on any atom is 0.265 e. The molecule has 0 aliphatic carbocycles. The lowest BCUT2D eigenvalue weighted by atomic mass is 9.88. The van der Waals surface area contributed by atoms with E-state index in [1.54, 1.807) is 30.3 Å². The predicted octanol–water partition coefficient (Wildman–Crippen LogP) is 2.64. The van der Waals surface area contributed by atoms with Gasteiger partial charge in [-0.15, -0.1) is 0 Å². The van der Waals surface area contributed by atoms with Gasteiger partial charge in [0.1, 0.15) is 0 Å². The van der Waals surface area contributed by atoms with Crippen LogP contribution in [-0.4, -0.2) is 36.3 Å². The Hall–Kier alpha value is -2.79. The fourth-order valence-electron chi connectivity index (χ4n) is 2.95. The standard InChI is InChI=1S/C20H20N2O3/c1-13-7-8-15(11-14(13)2)22-19(24)17-6-4-3-5-16(17)18(20(22)25)12-21-9-10-23/h3-8,11-12,18,23H,9-10H2,1-2H3/t18-/m0/s1. The molecule has 1 heterocycles. The molecule has 0 saturated carbocycles. The van der Waals surface area contributed by atoms with E-state index in [4.69, 9.17) is 5.11 Å². The first-order valence-corrected chi connectivity index (χ1v) is 8.20. The average Bonchev–Trinajstić information content (AvgIpc) is 2.61. The largest absolute Gasteiger partial charge is 0.394 e. The number of carbonyl (C=O) groups is 2. The summed E-state index contributed by atoms with van der Waals surface area (Å²) in [6, 6.07) is 12.6. The van der Waals surface area contributed by atoms with E-state index in [1.807, 2.05) is 26.0 Å². The number of hydrogen-bond donors (Lipinski definition) is 1. The summed E-state index contributed by atoms with van der Waals surface area (Å²) in [5.41, 5.74) is 3.83. The maximum absolute atomic E-state index is 13.0. The SMILES string of the molecule is Cc1ccc(N2C(=O)c3ccccc3[C@H](C=NCCO)C2=O)cc1C. The maximum atomic E-state index is 13.0. The van der Waals surface area contributed by atoms with Crippen LogP contribution in [0.1, 0.15) is 33.0 Å². The lowest BCUT2D eigenvalue weighted by molar-refractivity contribution is -0.118. The monoisotopic (exact) mass is 336 g/mol. The Kier molecular flexibility index (Phi) is 4.76. The molecular weight excluding hydrogens is 316 g/mol. The van der Waals surface area contributed by atoms with Crippen molar-refractivity contribution < 1.29 is 14.7 Å². The van der Waals surface area contributed by atoms with E-state index in [9.17, 15) is 9.59 Å². The van der Waals surface area contributed by atoms with E-state index in [2.05, 4.69) is 4.99 Å². The molecule has 1 N–H and O–H groups in total. The number of amides is 2. The van der Waals surface area contributed by atoms with Crippen LogP contribution in [0.2, 0.25) is 0 Å². The highest BCUT2D eigenvalue weighted by Crippen LogP contribution is 2.32. The van der Waals surface area contributed by atoms with Crippen molar-refractivity contribution in [1.82, 2.24) is 0 Å². The molecular formula is C20H20N2O3. The number of aliphatic imine (C=N–C) groups is 1. The van der Waals surface area contributed by atoms with Crippen LogP contribution in [0, 0.1) is 13.8 Å². The number of carbonyl (C=O) groups excluding carboxylic acids is 2. The zero-order valence-corrected chi connectivity index (χ0v) is 14.3. The van der Waals surface area contributed by atoms with Crippen LogP contribution in [0.15, 0.2) is 47.5 Å². The van der Waals surface area contributed by atoms with Gasteiger partial charge >= 0.3 is 0 Å². The highest BCUT2D eigenvalue weighted by molar-refractivity contribution is 6.29. The van der Waals surface area contributed by atoms with Crippen molar-refractivity contribution in [1.29, 1.82) is 0 Å². The molecule has 0 saturated heterocycles. The molecule has 5 heteroatoms. The van der Waals surface area contributed by atoms with Crippen LogP contribution < -0.4 is 4.90 Å². The molecule has 2 aromatic rings. The molecule has 5 nitrogen and oxygen atoms in total. The first-order valence-electron chi connectivity index (χ1n) is 8.20. The van der Waals surface area contributed by atoms with Gasteiger partial charge in [-0.3, -0.25) is 14.6 Å². The minimum Gasteiger partial charge on any atom is -0.394 e. The topological polar surface area (TPSA) is 70.0 Å². The van der Waals surface area contributed by atoms with E-state index in [0.29, 0.717) is 16.8 Å². The van der Waals surface area contributed by atoms with E-state index in [-0.39, 0.29) is 25.0 Å².